The van der Waals surface area contributed by atoms with Crippen molar-refractivity contribution in [3.63, 3.8) is 0 Å². The fourth-order valence-electron chi connectivity index (χ4n) is 1.68. The number of hydrogen-bond donors (Lipinski definition) is 3. The summed E-state index contributed by atoms with van der Waals surface area (Å²) in [7, 11) is 0. The molecule has 0 heterocycles. The molecule has 5 nitrogen and oxygen atoms in total. The first-order valence-corrected chi connectivity index (χ1v) is 6.75. The summed E-state index contributed by atoms with van der Waals surface area (Å²) in [5, 5.41) is 8.62. The smallest absolute Gasteiger partial charge is 0.251 e. The number of hydrogen-bond acceptors (Lipinski definition) is 3. The largest absolute Gasteiger partial charge is 0.376 e. The minimum absolute atomic E-state index is 0.0825. The van der Waals surface area contributed by atoms with Gasteiger partial charge in [0, 0.05) is 23.3 Å². The van der Waals surface area contributed by atoms with Crippen LogP contribution in [0, 0.1) is 0 Å². The molecular weight excluding hydrogens is 254 g/mol. The Bertz CT molecular complexity index is 478. The summed E-state index contributed by atoms with van der Waals surface area (Å²) in [4.78, 5) is 23.4. The van der Waals surface area contributed by atoms with Crippen molar-refractivity contribution < 1.29 is 9.59 Å². The molecule has 0 fully saturated rings. The second-order valence-corrected chi connectivity index (χ2v) is 5.59. The first-order valence-electron chi connectivity index (χ1n) is 6.75. The lowest BCUT2D eigenvalue weighted by molar-refractivity contribution is -0.120. The third kappa shape index (κ3) is 5.73. The number of rotatable bonds is 5. The maximum absolute atomic E-state index is 11.7. The number of carbonyl (C=O) groups excluding carboxylic acids is 2. The highest BCUT2D eigenvalue weighted by Gasteiger charge is 2.13. The van der Waals surface area contributed by atoms with E-state index in [0.29, 0.717) is 12.1 Å². The van der Waals surface area contributed by atoms with Crippen LogP contribution in [0.3, 0.4) is 0 Å². The monoisotopic (exact) mass is 277 g/mol. The molecule has 0 unspecified atom stereocenters. The molecule has 0 saturated carbocycles. The molecule has 1 aromatic carbocycles. The van der Waals surface area contributed by atoms with Gasteiger partial charge in [-0.1, -0.05) is 6.07 Å². The van der Waals surface area contributed by atoms with Crippen LogP contribution < -0.4 is 16.0 Å². The average molecular weight is 277 g/mol. The van der Waals surface area contributed by atoms with Gasteiger partial charge in [-0.25, -0.2) is 0 Å². The summed E-state index contributed by atoms with van der Waals surface area (Å²) in [5.41, 5.74) is 1.08. The van der Waals surface area contributed by atoms with Crippen molar-refractivity contribution in [2.24, 2.45) is 0 Å². The molecule has 0 bridgehead atoms. The Kier molecular flexibility index (Phi) is 5.55. The molecule has 0 atom stereocenters. The van der Waals surface area contributed by atoms with Crippen LogP contribution in [-0.4, -0.2) is 30.4 Å². The van der Waals surface area contributed by atoms with Crippen molar-refractivity contribution in [3.05, 3.63) is 29.8 Å². The fourth-order valence-corrected chi connectivity index (χ4v) is 1.68. The normalized spacial score (nSPS) is 10.8. The van der Waals surface area contributed by atoms with Gasteiger partial charge in [0.2, 0.25) is 5.91 Å². The van der Waals surface area contributed by atoms with Gasteiger partial charge < -0.3 is 16.0 Å². The third-order valence-corrected chi connectivity index (χ3v) is 2.43. The van der Waals surface area contributed by atoms with Gasteiger partial charge in [-0.3, -0.25) is 9.59 Å². The Morgan fingerprint density at radius 1 is 1.20 bits per heavy atom. The third-order valence-electron chi connectivity index (χ3n) is 2.43. The van der Waals surface area contributed by atoms with Gasteiger partial charge in [0.15, 0.2) is 0 Å². The molecule has 1 aromatic rings. The van der Waals surface area contributed by atoms with Crippen LogP contribution in [0.5, 0.6) is 0 Å². The average Bonchev–Trinajstić information content (AvgIpc) is 2.35. The van der Waals surface area contributed by atoms with Crippen molar-refractivity contribution in [3.8, 4) is 0 Å². The Hall–Kier alpha value is -2.04. The first kappa shape index (κ1) is 16.0. The van der Waals surface area contributed by atoms with Gasteiger partial charge in [-0.05, 0) is 45.9 Å². The molecule has 0 saturated heterocycles. The molecule has 3 N–H and O–H groups in total. The molecule has 5 heteroatoms. The molecule has 2 amide bonds. The van der Waals surface area contributed by atoms with Crippen LogP contribution in [0.4, 0.5) is 5.69 Å². The Morgan fingerprint density at radius 2 is 1.90 bits per heavy atom. The zero-order chi connectivity index (χ0) is 15.2. The quantitative estimate of drug-likeness (QED) is 0.768. The van der Waals surface area contributed by atoms with E-state index in [1.54, 1.807) is 18.2 Å². The van der Waals surface area contributed by atoms with Crippen LogP contribution >= 0.6 is 0 Å². The van der Waals surface area contributed by atoms with Crippen LogP contribution in [0.1, 0.15) is 38.1 Å². The predicted molar refractivity (Wildman–Crippen MR) is 80.8 cm³/mol. The maximum Gasteiger partial charge on any atom is 0.251 e. The van der Waals surface area contributed by atoms with Gasteiger partial charge in [-0.2, -0.15) is 0 Å². The van der Waals surface area contributed by atoms with E-state index < -0.39 is 0 Å². The summed E-state index contributed by atoms with van der Waals surface area (Å²) in [6.45, 7) is 8.43. The maximum atomic E-state index is 11.7. The molecule has 110 valence electrons. The van der Waals surface area contributed by atoms with Gasteiger partial charge >= 0.3 is 0 Å². The molecule has 0 aliphatic carbocycles. The molecular formula is C15H23N3O2. The van der Waals surface area contributed by atoms with E-state index in [-0.39, 0.29) is 23.9 Å². The van der Waals surface area contributed by atoms with E-state index in [9.17, 15) is 9.59 Å². The van der Waals surface area contributed by atoms with Gasteiger partial charge in [0.1, 0.15) is 0 Å². The molecule has 0 radical (unpaired) electrons. The molecule has 0 spiro atoms. The summed E-state index contributed by atoms with van der Waals surface area (Å²) >= 11 is 0. The summed E-state index contributed by atoms with van der Waals surface area (Å²) in [6.07, 6.45) is 0. The minimum Gasteiger partial charge on any atom is -0.376 e. The van der Waals surface area contributed by atoms with E-state index in [0.717, 1.165) is 5.69 Å². The second-order valence-electron chi connectivity index (χ2n) is 5.59. The fraction of sp³-hybridized carbons (Fsp3) is 0.467. The van der Waals surface area contributed by atoms with Crippen molar-refractivity contribution in [1.82, 2.24) is 10.6 Å². The van der Waals surface area contributed by atoms with Crippen molar-refractivity contribution in [2.75, 3.05) is 18.4 Å². The second kappa shape index (κ2) is 6.93. The van der Waals surface area contributed by atoms with E-state index in [1.165, 1.54) is 0 Å². The topological polar surface area (TPSA) is 70.2 Å². The number of amides is 2. The van der Waals surface area contributed by atoms with Crippen molar-refractivity contribution in [2.45, 2.75) is 33.2 Å². The minimum atomic E-state index is -0.248. The standard InChI is InChI=1S/C15H23N3O2/c1-5-16-14(20)11-7-6-8-12(9-11)17-10-13(19)18-15(2,3)4/h6-9,17H,5,10H2,1-4H3,(H,16,20)(H,18,19). The van der Waals surface area contributed by atoms with Crippen molar-refractivity contribution in [1.29, 1.82) is 0 Å². The Morgan fingerprint density at radius 3 is 2.50 bits per heavy atom. The number of anilines is 1. The zero-order valence-electron chi connectivity index (χ0n) is 12.5. The Labute approximate surface area is 120 Å². The van der Waals surface area contributed by atoms with E-state index >= 15 is 0 Å². The van der Waals surface area contributed by atoms with E-state index in [1.807, 2.05) is 33.8 Å². The van der Waals surface area contributed by atoms with Crippen LogP contribution in [0.2, 0.25) is 0 Å². The molecule has 0 aliphatic rings. The van der Waals surface area contributed by atoms with Gasteiger partial charge in [-0.15, -0.1) is 0 Å². The number of nitrogens with one attached hydrogen (secondary N) is 3. The summed E-state index contributed by atoms with van der Waals surface area (Å²) < 4.78 is 0. The van der Waals surface area contributed by atoms with Gasteiger partial charge in [0.05, 0.1) is 6.54 Å². The van der Waals surface area contributed by atoms with E-state index in [4.69, 9.17) is 0 Å². The number of carbonyl (C=O) groups is 2. The van der Waals surface area contributed by atoms with Crippen molar-refractivity contribution >= 4 is 17.5 Å². The molecule has 1 rings (SSSR count). The van der Waals surface area contributed by atoms with Crippen LogP contribution in [0.25, 0.3) is 0 Å². The highest BCUT2D eigenvalue weighted by atomic mass is 16.2. The first-order chi connectivity index (χ1) is 9.31. The summed E-state index contributed by atoms with van der Waals surface area (Å²) in [6, 6.07) is 7.09. The molecule has 0 aromatic heterocycles. The highest BCUT2D eigenvalue weighted by molar-refractivity contribution is 5.95. The lowest BCUT2D eigenvalue weighted by atomic mass is 10.1. The summed E-state index contributed by atoms with van der Waals surface area (Å²) in [5.74, 6) is -0.198. The Balaban J connectivity index is 2.59. The highest BCUT2D eigenvalue weighted by Crippen LogP contribution is 2.10. The van der Waals surface area contributed by atoms with Crippen LogP contribution in [-0.2, 0) is 4.79 Å². The lowest BCUT2D eigenvalue weighted by Gasteiger charge is -2.20. The molecule has 0 aliphatic heterocycles. The number of benzene rings is 1. The molecule has 20 heavy (non-hydrogen) atoms. The predicted octanol–water partition coefficient (Wildman–Crippen LogP) is 1.76. The van der Waals surface area contributed by atoms with E-state index in [2.05, 4.69) is 16.0 Å². The van der Waals surface area contributed by atoms with Crippen LogP contribution in [0.15, 0.2) is 24.3 Å². The zero-order valence-corrected chi connectivity index (χ0v) is 12.5. The SMILES string of the molecule is CCNC(=O)c1cccc(NCC(=O)NC(C)(C)C)c1. The lowest BCUT2D eigenvalue weighted by Crippen LogP contribution is -2.43. The van der Waals surface area contributed by atoms with Gasteiger partial charge in [0.25, 0.3) is 5.91 Å².